The van der Waals surface area contributed by atoms with Gasteiger partial charge in [-0.15, -0.1) is 24.0 Å². The number of rotatable bonds is 5. The molecular formula is C19H29FIN3O. The highest BCUT2D eigenvalue weighted by Gasteiger charge is 2.41. The third-order valence-electron chi connectivity index (χ3n) is 5.01. The lowest BCUT2D eigenvalue weighted by atomic mass is 9.85. The van der Waals surface area contributed by atoms with Gasteiger partial charge in [0.25, 0.3) is 0 Å². The highest BCUT2D eigenvalue weighted by Crippen LogP contribution is 2.34. The molecule has 140 valence electrons. The number of nitrogens with zero attached hydrogens (tertiary/aromatic N) is 1. The Kier molecular flexibility index (Phi) is 7.08. The normalized spacial score (nSPS) is 25.6. The second-order valence-electron chi connectivity index (χ2n) is 7.45. The van der Waals surface area contributed by atoms with Crippen molar-refractivity contribution in [1.29, 1.82) is 0 Å². The standard InChI is InChI=1S/C19H28FN3O.HI/c1-4-21-18(23-16-11-15-8-9-17(16)24-15)22-12-19(2,3)13-6-5-7-14(20)10-13;/h5-7,10,15-17H,4,8-9,11-12H2,1-3H3,(H2,21,22,23);1H. The van der Waals surface area contributed by atoms with Gasteiger partial charge in [0.1, 0.15) is 5.82 Å². The summed E-state index contributed by atoms with van der Waals surface area (Å²) in [7, 11) is 0. The second kappa shape index (κ2) is 8.66. The summed E-state index contributed by atoms with van der Waals surface area (Å²) in [6.45, 7) is 7.65. The molecule has 3 unspecified atom stereocenters. The van der Waals surface area contributed by atoms with E-state index in [-0.39, 0.29) is 35.2 Å². The van der Waals surface area contributed by atoms with Gasteiger partial charge in [-0.1, -0.05) is 26.0 Å². The fourth-order valence-corrected chi connectivity index (χ4v) is 3.56. The van der Waals surface area contributed by atoms with Crippen LogP contribution in [0.5, 0.6) is 0 Å². The maximum absolute atomic E-state index is 13.5. The van der Waals surface area contributed by atoms with Gasteiger partial charge < -0.3 is 15.4 Å². The van der Waals surface area contributed by atoms with Crippen molar-refractivity contribution in [3.8, 4) is 0 Å². The first-order chi connectivity index (χ1) is 11.5. The number of hydrogen-bond acceptors (Lipinski definition) is 2. The van der Waals surface area contributed by atoms with Crippen molar-refractivity contribution in [2.24, 2.45) is 4.99 Å². The van der Waals surface area contributed by atoms with E-state index in [1.54, 1.807) is 12.1 Å². The molecule has 1 aromatic carbocycles. The summed E-state index contributed by atoms with van der Waals surface area (Å²) in [6.07, 6.45) is 4.11. The predicted octanol–water partition coefficient (Wildman–Crippen LogP) is 3.60. The molecule has 2 saturated heterocycles. The van der Waals surface area contributed by atoms with Gasteiger partial charge in [0.05, 0.1) is 24.8 Å². The van der Waals surface area contributed by atoms with Crippen LogP contribution in [-0.2, 0) is 10.2 Å². The minimum atomic E-state index is -0.227. The van der Waals surface area contributed by atoms with Crippen LogP contribution >= 0.6 is 24.0 Å². The molecule has 4 nitrogen and oxygen atoms in total. The summed E-state index contributed by atoms with van der Waals surface area (Å²) >= 11 is 0. The van der Waals surface area contributed by atoms with Crippen molar-refractivity contribution in [2.45, 2.75) is 63.7 Å². The molecule has 0 saturated carbocycles. The Bertz CT molecular complexity index is 608. The topological polar surface area (TPSA) is 45.7 Å². The summed E-state index contributed by atoms with van der Waals surface area (Å²) in [4.78, 5) is 4.75. The summed E-state index contributed by atoms with van der Waals surface area (Å²) in [5.74, 6) is 0.622. The van der Waals surface area contributed by atoms with Crippen molar-refractivity contribution in [2.75, 3.05) is 13.1 Å². The number of fused-ring (bicyclic) bond motifs is 2. The largest absolute Gasteiger partial charge is 0.373 e. The van der Waals surface area contributed by atoms with Crippen molar-refractivity contribution in [3.05, 3.63) is 35.6 Å². The first-order valence-electron chi connectivity index (χ1n) is 8.94. The molecule has 3 atom stereocenters. The average molecular weight is 461 g/mol. The third kappa shape index (κ3) is 5.06. The summed E-state index contributed by atoms with van der Waals surface area (Å²) < 4.78 is 19.4. The summed E-state index contributed by atoms with van der Waals surface area (Å²) in [5.41, 5.74) is 0.737. The molecule has 2 aliphatic rings. The van der Waals surface area contributed by atoms with Gasteiger partial charge in [-0.3, -0.25) is 4.99 Å². The third-order valence-corrected chi connectivity index (χ3v) is 5.01. The molecule has 2 heterocycles. The number of guanidine groups is 1. The smallest absolute Gasteiger partial charge is 0.191 e. The van der Waals surface area contributed by atoms with E-state index in [0.29, 0.717) is 24.8 Å². The Morgan fingerprint density at radius 1 is 1.36 bits per heavy atom. The SMILES string of the molecule is CCNC(=NCC(C)(C)c1cccc(F)c1)NC1CC2CCC1O2.I. The number of halogens is 2. The highest BCUT2D eigenvalue weighted by molar-refractivity contribution is 14.0. The molecule has 0 spiro atoms. The van der Waals surface area contributed by atoms with E-state index in [9.17, 15) is 4.39 Å². The van der Waals surface area contributed by atoms with E-state index in [0.717, 1.165) is 30.9 Å². The fourth-order valence-electron chi connectivity index (χ4n) is 3.56. The van der Waals surface area contributed by atoms with Gasteiger partial charge >= 0.3 is 0 Å². The molecule has 0 aliphatic carbocycles. The maximum Gasteiger partial charge on any atom is 0.191 e. The van der Waals surface area contributed by atoms with Gasteiger partial charge in [-0.25, -0.2) is 4.39 Å². The van der Waals surface area contributed by atoms with Gasteiger partial charge in [-0.05, 0) is 43.9 Å². The van der Waals surface area contributed by atoms with Crippen molar-refractivity contribution < 1.29 is 9.13 Å². The van der Waals surface area contributed by atoms with E-state index in [1.165, 1.54) is 12.5 Å². The number of ether oxygens (including phenoxy) is 1. The highest BCUT2D eigenvalue weighted by atomic mass is 127. The first-order valence-corrected chi connectivity index (χ1v) is 8.94. The fraction of sp³-hybridized carbons (Fsp3) is 0.632. The van der Waals surface area contributed by atoms with Crippen LogP contribution in [0.2, 0.25) is 0 Å². The van der Waals surface area contributed by atoms with Crippen molar-refractivity contribution >= 4 is 29.9 Å². The minimum absolute atomic E-state index is 0. The van der Waals surface area contributed by atoms with Crippen LogP contribution in [0.25, 0.3) is 0 Å². The summed E-state index contributed by atoms with van der Waals surface area (Å²) in [5, 5.41) is 6.84. The van der Waals surface area contributed by atoms with Gasteiger partial charge in [0.2, 0.25) is 0 Å². The lowest BCUT2D eigenvalue weighted by Gasteiger charge is -2.26. The average Bonchev–Trinajstić information content (AvgIpc) is 3.16. The zero-order chi connectivity index (χ0) is 17.2. The Hall–Kier alpha value is -0.890. The van der Waals surface area contributed by atoms with Gasteiger partial charge in [0, 0.05) is 12.0 Å². The quantitative estimate of drug-likeness (QED) is 0.400. The number of nitrogens with one attached hydrogen (secondary N) is 2. The van der Waals surface area contributed by atoms with E-state index in [2.05, 4.69) is 31.4 Å². The Balaban J connectivity index is 0.00000225. The zero-order valence-electron chi connectivity index (χ0n) is 15.2. The number of hydrogen-bond donors (Lipinski definition) is 2. The molecular weight excluding hydrogens is 432 g/mol. The first kappa shape index (κ1) is 20.4. The second-order valence-corrected chi connectivity index (χ2v) is 7.45. The molecule has 25 heavy (non-hydrogen) atoms. The number of aliphatic imine (C=N–C) groups is 1. The molecule has 2 fully saturated rings. The van der Waals surface area contributed by atoms with Crippen LogP contribution in [0.3, 0.4) is 0 Å². The van der Waals surface area contributed by atoms with E-state index in [1.807, 2.05) is 6.07 Å². The zero-order valence-corrected chi connectivity index (χ0v) is 17.5. The van der Waals surface area contributed by atoms with Crippen molar-refractivity contribution in [1.82, 2.24) is 10.6 Å². The van der Waals surface area contributed by atoms with E-state index < -0.39 is 0 Å². The molecule has 2 N–H and O–H groups in total. The van der Waals surface area contributed by atoms with Gasteiger partial charge in [0.15, 0.2) is 5.96 Å². The van der Waals surface area contributed by atoms with Crippen LogP contribution in [0.15, 0.2) is 29.3 Å². The predicted molar refractivity (Wildman–Crippen MR) is 110 cm³/mol. The molecule has 0 amide bonds. The Morgan fingerprint density at radius 2 is 2.16 bits per heavy atom. The van der Waals surface area contributed by atoms with Crippen LogP contribution in [0, 0.1) is 5.82 Å². The Morgan fingerprint density at radius 3 is 2.76 bits per heavy atom. The monoisotopic (exact) mass is 461 g/mol. The van der Waals surface area contributed by atoms with E-state index >= 15 is 0 Å². The maximum atomic E-state index is 13.5. The van der Waals surface area contributed by atoms with Crippen LogP contribution < -0.4 is 10.6 Å². The molecule has 2 bridgehead atoms. The minimum Gasteiger partial charge on any atom is -0.373 e. The molecule has 3 rings (SSSR count). The van der Waals surface area contributed by atoms with Gasteiger partial charge in [-0.2, -0.15) is 0 Å². The van der Waals surface area contributed by atoms with Crippen LogP contribution in [0.4, 0.5) is 4.39 Å². The van der Waals surface area contributed by atoms with Crippen molar-refractivity contribution in [3.63, 3.8) is 0 Å². The molecule has 0 aromatic heterocycles. The molecule has 1 aromatic rings. The van der Waals surface area contributed by atoms with Crippen LogP contribution in [-0.4, -0.2) is 37.3 Å². The lowest BCUT2D eigenvalue weighted by Crippen LogP contribution is -2.47. The molecule has 6 heteroatoms. The molecule has 0 radical (unpaired) electrons. The lowest BCUT2D eigenvalue weighted by molar-refractivity contribution is 0.0992. The summed E-state index contributed by atoms with van der Waals surface area (Å²) in [6, 6.07) is 7.14. The Labute approximate surface area is 167 Å². The molecule has 2 aliphatic heterocycles. The number of benzene rings is 1. The van der Waals surface area contributed by atoms with E-state index in [4.69, 9.17) is 9.73 Å². The van der Waals surface area contributed by atoms with Crippen LogP contribution in [0.1, 0.15) is 45.6 Å².